The second-order valence-electron chi connectivity index (χ2n) is 9.86. The molecule has 1 fully saturated rings. The summed E-state index contributed by atoms with van der Waals surface area (Å²) in [6.45, 7) is 3.92. The van der Waals surface area contributed by atoms with Crippen molar-refractivity contribution in [2.24, 2.45) is 5.41 Å². The number of rotatable bonds is 8. The molecular weight excluding hydrogens is 444 g/mol. The molecule has 1 saturated carbocycles. The standard InChI is InChI=1S/C28H34N2O5/c1-3-18(16-25(31)32)29-26(33)28(2)15-9-8-14-24(28)30-27(34)35-17-23-21-12-6-4-10-19(21)20-11-5-7-13-22(20)23/h4-7,10-13,18,23-24H,3,8-9,14-17H2,1-2H3,(H,29,33)(H,30,34)(H,31,32)/t18-,24?,28?/m1/s1. The molecule has 3 N–H and O–H groups in total. The summed E-state index contributed by atoms with van der Waals surface area (Å²) in [5.41, 5.74) is 3.80. The Hall–Kier alpha value is -3.35. The van der Waals surface area contributed by atoms with Crippen molar-refractivity contribution in [2.75, 3.05) is 6.61 Å². The van der Waals surface area contributed by atoms with Crippen LogP contribution in [0.15, 0.2) is 48.5 Å². The van der Waals surface area contributed by atoms with Crippen LogP contribution in [0.4, 0.5) is 4.79 Å². The molecule has 0 saturated heterocycles. The molecule has 7 nitrogen and oxygen atoms in total. The molecule has 7 heteroatoms. The van der Waals surface area contributed by atoms with E-state index in [1.807, 2.05) is 38.1 Å². The van der Waals surface area contributed by atoms with E-state index >= 15 is 0 Å². The van der Waals surface area contributed by atoms with Gasteiger partial charge in [-0.15, -0.1) is 0 Å². The molecule has 186 valence electrons. The van der Waals surface area contributed by atoms with Gasteiger partial charge in [-0.05, 0) is 48.4 Å². The molecule has 0 spiro atoms. The van der Waals surface area contributed by atoms with E-state index in [4.69, 9.17) is 9.84 Å². The minimum atomic E-state index is -0.945. The van der Waals surface area contributed by atoms with Crippen LogP contribution in [0.25, 0.3) is 11.1 Å². The van der Waals surface area contributed by atoms with Gasteiger partial charge in [-0.3, -0.25) is 9.59 Å². The maximum atomic E-state index is 13.2. The van der Waals surface area contributed by atoms with Crippen molar-refractivity contribution in [3.63, 3.8) is 0 Å². The van der Waals surface area contributed by atoms with Gasteiger partial charge in [0.25, 0.3) is 0 Å². The zero-order valence-electron chi connectivity index (χ0n) is 20.4. The van der Waals surface area contributed by atoms with Crippen LogP contribution in [0.3, 0.4) is 0 Å². The predicted octanol–water partition coefficient (Wildman–Crippen LogP) is 4.84. The third-order valence-corrected chi connectivity index (χ3v) is 7.61. The van der Waals surface area contributed by atoms with Crippen LogP contribution in [0.1, 0.15) is 69.4 Å². The number of carboxylic acids is 1. The maximum Gasteiger partial charge on any atom is 0.407 e. The van der Waals surface area contributed by atoms with E-state index in [1.165, 1.54) is 11.1 Å². The fourth-order valence-electron chi connectivity index (χ4n) is 5.48. The predicted molar refractivity (Wildman–Crippen MR) is 133 cm³/mol. The molecule has 4 rings (SSSR count). The zero-order valence-corrected chi connectivity index (χ0v) is 20.4. The first kappa shape index (κ1) is 24.8. The van der Waals surface area contributed by atoms with E-state index in [9.17, 15) is 14.4 Å². The Morgan fingerprint density at radius 2 is 1.69 bits per heavy atom. The van der Waals surface area contributed by atoms with Crippen molar-refractivity contribution in [2.45, 2.75) is 70.4 Å². The number of carbonyl (C=O) groups is 3. The molecule has 0 radical (unpaired) electrons. The molecule has 3 atom stereocenters. The minimum Gasteiger partial charge on any atom is -0.481 e. The summed E-state index contributed by atoms with van der Waals surface area (Å²) in [5, 5.41) is 15.0. The first-order valence-electron chi connectivity index (χ1n) is 12.5. The average molecular weight is 479 g/mol. The number of aliphatic carboxylic acids is 1. The molecular formula is C28H34N2O5. The normalized spacial score (nSPS) is 21.9. The fraction of sp³-hybridized carbons (Fsp3) is 0.464. The van der Waals surface area contributed by atoms with Crippen molar-refractivity contribution >= 4 is 18.0 Å². The number of carboxylic acid groups (broad SMARTS) is 1. The monoisotopic (exact) mass is 478 g/mol. The Kier molecular flexibility index (Phi) is 7.43. The lowest BCUT2D eigenvalue weighted by Crippen LogP contribution is -2.57. The molecule has 0 heterocycles. The molecule has 2 aromatic rings. The van der Waals surface area contributed by atoms with E-state index in [0.29, 0.717) is 19.3 Å². The van der Waals surface area contributed by atoms with Gasteiger partial charge in [0.1, 0.15) is 6.61 Å². The lowest BCUT2D eigenvalue weighted by atomic mass is 9.71. The Morgan fingerprint density at radius 3 is 2.29 bits per heavy atom. The van der Waals surface area contributed by atoms with E-state index < -0.39 is 23.5 Å². The van der Waals surface area contributed by atoms with E-state index in [0.717, 1.165) is 24.0 Å². The lowest BCUT2D eigenvalue weighted by Gasteiger charge is -2.40. The third-order valence-electron chi connectivity index (χ3n) is 7.61. The highest BCUT2D eigenvalue weighted by Gasteiger charge is 2.44. The average Bonchev–Trinajstić information content (AvgIpc) is 3.17. The summed E-state index contributed by atoms with van der Waals surface area (Å²) in [7, 11) is 0. The van der Waals surface area contributed by atoms with Crippen molar-refractivity contribution in [3.05, 3.63) is 59.7 Å². The zero-order chi connectivity index (χ0) is 25.0. The van der Waals surface area contributed by atoms with Crippen LogP contribution in [0, 0.1) is 5.41 Å². The van der Waals surface area contributed by atoms with Gasteiger partial charge in [0.15, 0.2) is 0 Å². The van der Waals surface area contributed by atoms with Crippen LogP contribution in [0.2, 0.25) is 0 Å². The lowest BCUT2D eigenvalue weighted by molar-refractivity contribution is -0.138. The molecule has 2 aliphatic carbocycles. The number of fused-ring (bicyclic) bond motifs is 3. The quantitative estimate of drug-likeness (QED) is 0.503. The number of nitrogens with one attached hydrogen (secondary N) is 2. The number of amides is 2. The van der Waals surface area contributed by atoms with Crippen molar-refractivity contribution < 1.29 is 24.2 Å². The van der Waals surface area contributed by atoms with Crippen LogP contribution in [0.5, 0.6) is 0 Å². The van der Waals surface area contributed by atoms with Crippen molar-refractivity contribution in [3.8, 4) is 11.1 Å². The van der Waals surface area contributed by atoms with Gasteiger partial charge in [-0.1, -0.05) is 68.3 Å². The maximum absolute atomic E-state index is 13.2. The van der Waals surface area contributed by atoms with Gasteiger partial charge in [0, 0.05) is 18.0 Å². The molecule has 2 aromatic carbocycles. The Morgan fingerprint density at radius 1 is 1.06 bits per heavy atom. The molecule has 35 heavy (non-hydrogen) atoms. The largest absolute Gasteiger partial charge is 0.481 e. The first-order valence-corrected chi connectivity index (χ1v) is 12.5. The fourth-order valence-corrected chi connectivity index (χ4v) is 5.48. The molecule has 2 aliphatic rings. The molecule has 0 aromatic heterocycles. The van der Waals surface area contributed by atoms with Crippen molar-refractivity contribution in [1.29, 1.82) is 0 Å². The van der Waals surface area contributed by atoms with Gasteiger partial charge in [-0.2, -0.15) is 0 Å². The summed E-state index contributed by atoms with van der Waals surface area (Å²) in [6.07, 6.45) is 2.95. The van der Waals surface area contributed by atoms with E-state index in [1.54, 1.807) is 0 Å². The highest BCUT2D eigenvalue weighted by molar-refractivity contribution is 5.85. The third kappa shape index (κ3) is 5.19. The number of alkyl carbamates (subject to hydrolysis) is 1. The smallest absolute Gasteiger partial charge is 0.407 e. The SMILES string of the molecule is CC[C@H](CC(=O)O)NC(=O)C1(C)CCCCC1NC(=O)OCC1c2ccccc2-c2ccccc21. The first-order chi connectivity index (χ1) is 16.8. The molecule has 0 aliphatic heterocycles. The molecule has 2 amide bonds. The number of carbonyl (C=O) groups excluding carboxylic acids is 2. The van der Waals surface area contributed by atoms with Gasteiger partial charge in [-0.25, -0.2) is 4.79 Å². The second kappa shape index (κ2) is 10.5. The summed E-state index contributed by atoms with van der Waals surface area (Å²) in [6, 6.07) is 15.5. The van der Waals surface area contributed by atoms with Crippen LogP contribution in [-0.2, 0) is 14.3 Å². The summed E-state index contributed by atoms with van der Waals surface area (Å²) in [5.74, 6) is -1.19. The number of benzene rings is 2. The molecule has 0 bridgehead atoms. The summed E-state index contributed by atoms with van der Waals surface area (Å²) < 4.78 is 5.71. The Labute approximate surface area is 206 Å². The highest BCUT2D eigenvalue weighted by atomic mass is 16.5. The Bertz CT molecular complexity index is 1050. The number of ether oxygens (including phenoxy) is 1. The number of hydrogen-bond acceptors (Lipinski definition) is 4. The summed E-state index contributed by atoms with van der Waals surface area (Å²) in [4.78, 5) is 37.2. The number of hydrogen-bond donors (Lipinski definition) is 3. The minimum absolute atomic E-state index is 0.0319. The van der Waals surface area contributed by atoms with E-state index in [2.05, 4.69) is 34.9 Å². The molecule has 2 unspecified atom stereocenters. The van der Waals surface area contributed by atoms with Gasteiger partial charge in [0.05, 0.1) is 11.8 Å². The summed E-state index contributed by atoms with van der Waals surface area (Å²) >= 11 is 0. The van der Waals surface area contributed by atoms with Crippen LogP contribution >= 0.6 is 0 Å². The van der Waals surface area contributed by atoms with E-state index in [-0.39, 0.29) is 30.9 Å². The van der Waals surface area contributed by atoms with Crippen molar-refractivity contribution in [1.82, 2.24) is 10.6 Å². The van der Waals surface area contributed by atoms with Gasteiger partial charge in [0.2, 0.25) is 5.91 Å². The second-order valence-corrected chi connectivity index (χ2v) is 9.86. The van der Waals surface area contributed by atoms with Gasteiger partial charge >= 0.3 is 12.1 Å². The van der Waals surface area contributed by atoms with Gasteiger partial charge < -0.3 is 20.5 Å². The van der Waals surface area contributed by atoms with Crippen LogP contribution in [-0.4, -0.2) is 41.8 Å². The highest BCUT2D eigenvalue weighted by Crippen LogP contribution is 2.44. The van der Waals surface area contributed by atoms with Crippen LogP contribution < -0.4 is 10.6 Å². The topological polar surface area (TPSA) is 105 Å². The Balaban J connectivity index is 1.41.